The third-order valence-corrected chi connectivity index (χ3v) is 4.37. The molecule has 0 bridgehead atoms. The van der Waals surface area contributed by atoms with Gasteiger partial charge in [0.05, 0.1) is 0 Å². The maximum absolute atomic E-state index is 12.3. The second-order valence-electron chi connectivity index (χ2n) is 3.79. The Morgan fingerprint density at radius 2 is 1.83 bits per heavy atom. The van der Waals surface area contributed by atoms with Crippen molar-refractivity contribution >= 4 is 55.9 Å². The van der Waals surface area contributed by atoms with Gasteiger partial charge in [-0.2, -0.15) is 0 Å². The highest BCUT2D eigenvalue weighted by Crippen LogP contribution is 2.28. The molecule has 0 aromatic heterocycles. The molecule has 2 rings (SSSR count). The topological polar surface area (TPSA) is 17.1 Å². The van der Waals surface area contributed by atoms with Crippen molar-refractivity contribution < 1.29 is 4.79 Å². The predicted octanol–water partition coefficient (Wildman–Crippen LogP) is 5.26. The van der Waals surface area contributed by atoms with Crippen molar-refractivity contribution in [2.45, 2.75) is 4.83 Å². The van der Waals surface area contributed by atoms with Crippen molar-refractivity contribution in [1.82, 2.24) is 0 Å². The van der Waals surface area contributed by atoms with E-state index in [9.17, 15) is 4.79 Å². The van der Waals surface area contributed by atoms with E-state index in [0.717, 1.165) is 9.13 Å². The van der Waals surface area contributed by atoms with Crippen LogP contribution in [0.2, 0.25) is 5.02 Å². The monoisotopic (exact) mass is 434 g/mol. The summed E-state index contributed by atoms with van der Waals surface area (Å²) >= 11 is 11.5. The summed E-state index contributed by atoms with van der Waals surface area (Å²) in [6.45, 7) is 0. The Hall–Kier alpha value is -0.390. The first-order valence-electron chi connectivity index (χ1n) is 5.27. The van der Waals surface area contributed by atoms with Gasteiger partial charge in [-0.3, -0.25) is 4.79 Å². The fraction of sp³-hybridized carbons (Fsp3) is 0.0714. The van der Waals surface area contributed by atoms with E-state index in [1.165, 1.54) is 0 Å². The van der Waals surface area contributed by atoms with Crippen LogP contribution >= 0.6 is 50.1 Å². The lowest BCUT2D eigenvalue weighted by atomic mass is 10.0. The van der Waals surface area contributed by atoms with E-state index in [1.54, 1.807) is 24.3 Å². The molecule has 4 heteroatoms. The SMILES string of the molecule is O=C(c1ccc(Cl)cc1)C(Br)c1cccc(I)c1. The number of ketones is 1. The average molecular weight is 435 g/mol. The van der Waals surface area contributed by atoms with E-state index in [2.05, 4.69) is 38.5 Å². The lowest BCUT2D eigenvalue weighted by molar-refractivity contribution is 0.0991. The minimum Gasteiger partial charge on any atom is -0.293 e. The molecule has 1 nitrogen and oxygen atoms in total. The van der Waals surface area contributed by atoms with Crippen molar-refractivity contribution in [3.63, 3.8) is 0 Å². The molecular formula is C14H9BrClIO. The molecule has 0 amide bonds. The Bertz CT molecular complexity index is 568. The van der Waals surface area contributed by atoms with E-state index in [0.29, 0.717) is 10.6 Å². The number of hydrogen-bond acceptors (Lipinski definition) is 1. The molecule has 1 atom stereocenters. The Balaban J connectivity index is 2.26. The van der Waals surface area contributed by atoms with Gasteiger partial charge in [0.2, 0.25) is 0 Å². The van der Waals surface area contributed by atoms with Gasteiger partial charge in [0.15, 0.2) is 5.78 Å². The Kier molecular flexibility index (Phi) is 4.81. The second kappa shape index (κ2) is 6.17. The lowest BCUT2D eigenvalue weighted by Crippen LogP contribution is -2.07. The zero-order chi connectivity index (χ0) is 13.1. The van der Waals surface area contributed by atoms with Crippen molar-refractivity contribution in [3.05, 3.63) is 68.3 Å². The molecule has 1 unspecified atom stereocenters. The van der Waals surface area contributed by atoms with E-state index < -0.39 is 0 Å². The normalized spacial score (nSPS) is 12.2. The highest BCUT2D eigenvalue weighted by Gasteiger charge is 2.18. The van der Waals surface area contributed by atoms with E-state index in [4.69, 9.17) is 11.6 Å². The van der Waals surface area contributed by atoms with Crippen molar-refractivity contribution in [3.8, 4) is 0 Å². The van der Waals surface area contributed by atoms with Crippen LogP contribution in [0, 0.1) is 3.57 Å². The lowest BCUT2D eigenvalue weighted by Gasteiger charge is -2.09. The van der Waals surface area contributed by atoms with Gasteiger partial charge in [0, 0.05) is 14.2 Å². The first kappa shape index (κ1) is 14.0. The Labute approximate surface area is 133 Å². The predicted molar refractivity (Wildman–Crippen MR) is 86.6 cm³/mol. The highest BCUT2D eigenvalue weighted by atomic mass is 127. The maximum Gasteiger partial charge on any atom is 0.180 e. The van der Waals surface area contributed by atoms with E-state index in [-0.39, 0.29) is 10.6 Å². The molecule has 0 aliphatic rings. The number of rotatable bonds is 3. The van der Waals surface area contributed by atoms with E-state index in [1.807, 2.05) is 24.3 Å². The molecular weight excluding hydrogens is 426 g/mol. The molecule has 0 aliphatic heterocycles. The number of alkyl halides is 1. The molecule has 0 fully saturated rings. The summed E-state index contributed by atoms with van der Waals surface area (Å²) in [7, 11) is 0. The molecule has 2 aromatic rings. The third-order valence-electron chi connectivity index (χ3n) is 2.50. The minimum atomic E-state index is -0.326. The van der Waals surface area contributed by atoms with Crippen LogP contribution < -0.4 is 0 Å². The standard InChI is InChI=1S/C14H9BrClIO/c15-13(10-2-1-3-12(17)8-10)14(18)9-4-6-11(16)7-5-9/h1-8,13H. The molecule has 18 heavy (non-hydrogen) atoms. The van der Waals surface area contributed by atoms with Crippen LogP contribution in [0.25, 0.3) is 0 Å². The van der Waals surface area contributed by atoms with Crippen LogP contribution in [0.1, 0.15) is 20.7 Å². The molecule has 0 saturated carbocycles. The number of halogens is 3. The Morgan fingerprint density at radius 1 is 1.17 bits per heavy atom. The minimum absolute atomic E-state index is 0.0358. The van der Waals surface area contributed by atoms with Crippen molar-refractivity contribution in [1.29, 1.82) is 0 Å². The summed E-state index contributed by atoms with van der Waals surface area (Å²) in [5.74, 6) is 0.0358. The zero-order valence-electron chi connectivity index (χ0n) is 9.24. The van der Waals surface area contributed by atoms with Crippen LogP contribution in [0.5, 0.6) is 0 Å². The first-order chi connectivity index (χ1) is 8.58. The number of carbonyl (C=O) groups excluding carboxylic acids is 1. The van der Waals surface area contributed by atoms with Crippen LogP contribution in [0.4, 0.5) is 0 Å². The smallest absolute Gasteiger partial charge is 0.180 e. The van der Waals surface area contributed by atoms with E-state index >= 15 is 0 Å². The second-order valence-corrected chi connectivity index (χ2v) is 6.39. The van der Waals surface area contributed by atoms with Gasteiger partial charge >= 0.3 is 0 Å². The van der Waals surface area contributed by atoms with Gasteiger partial charge < -0.3 is 0 Å². The summed E-state index contributed by atoms with van der Waals surface area (Å²) in [4.78, 5) is 11.9. The molecule has 0 saturated heterocycles. The number of benzene rings is 2. The Morgan fingerprint density at radius 3 is 2.44 bits per heavy atom. The zero-order valence-corrected chi connectivity index (χ0v) is 13.7. The van der Waals surface area contributed by atoms with Gasteiger partial charge in [-0.1, -0.05) is 39.7 Å². The van der Waals surface area contributed by atoms with Crippen LogP contribution in [-0.4, -0.2) is 5.78 Å². The summed E-state index contributed by atoms with van der Waals surface area (Å²) in [6, 6.07) is 14.8. The molecule has 0 radical (unpaired) electrons. The largest absolute Gasteiger partial charge is 0.293 e. The summed E-state index contributed by atoms with van der Waals surface area (Å²) in [5, 5.41) is 0.631. The summed E-state index contributed by atoms with van der Waals surface area (Å²) < 4.78 is 1.11. The molecule has 0 aliphatic carbocycles. The first-order valence-corrected chi connectivity index (χ1v) is 7.64. The summed E-state index contributed by atoms with van der Waals surface area (Å²) in [6.07, 6.45) is 0. The van der Waals surface area contributed by atoms with Crippen molar-refractivity contribution in [2.24, 2.45) is 0 Å². The molecule has 0 heterocycles. The van der Waals surface area contributed by atoms with Gasteiger partial charge in [-0.25, -0.2) is 0 Å². The number of Topliss-reactive ketones (excluding diaryl/α,β-unsaturated/α-hetero) is 1. The molecule has 2 aromatic carbocycles. The average Bonchev–Trinajstić information content (AvgIpc) is 2.38. The van der Waals surface area contributed by atoms with Gasteiger partial charge in [-0.05, 0) is 64.6 Å². The third kappa shape index (κ3) is 3.33. The van der Waals surface area contributed by atoms with Gasteiger partial charge in [0.1, 0.15) is 4.83 Å². The van der Waals surface area contributed by atoms with Gasteiger partial charge in [-0.15, -0.1) is 0 Å². The maximum atomic E-state index is 12.3. The summed E-state index contributed by atoms with van der Waals surface area (Å²) in [5.41, 5.74) is 1.61. The molecule has 0 spiro atoms. The fourth-order valence-corrected chi connectivity index (χ4v) is 2.82. The molecule has 0 N–H and O–H groups in total. The molecule has 92 valence electrons. The van der Waals surface area contributed by atoms with Crippen LogP contribution in [-0.2, 0) is 0 Å². The quantitative estimate of drug-likeness (QED) is 0.365. The number of hydrogen-bond donors (Lipinski definition) is 0. The van der Waals surface area contributed by atoms with Crippen LogP contribution in [0.3, 0.4) is 0 Å². The van der Waals surface area contributed by atoms with Gasteiger partial charge in [0.25, 0.3) is 0 Å². The van der Waals surface area contributed by atoms with Crippen LogP contribution in [0.15, 0.2) is 48.5 Å². The van der Waals surface area contributed by atoms with Crippen molar-refractivity contribution in [2.75, 3.05) is 0 Å². The fourth-order valence-electron chi connectivity index (χ4n) is 1.58. The number of carbonyl (C=O) groups is 1. The highest BCUT2D eigenvalue weighted by molar-refractivity contribution is 14.1.